The molecule has 1 saturated carbocycles. The Bertz CT molecular complexity index is 170. The van der Waals surface area contributed by atoms with Crippen LogP contribution in [-0.4, -0.2) is 48.2 Å². The molecule has 0 radical (unpaired) electrons. The maximum Gasteiger partial charge on any atom is 0.0897 e. The number of hydrogen-bond acceptors (Lipinski definition) is 4. The topological polar surface area (TPSA) is 61.7 Å². The van der Waals surface area contributed by atoms with Gasteiger partial charge in [0.1, 0.15) is 0 Å². The summed E-state index contributed by atoms with van der Waals surface area (Å²) < 4.78 is 5.65. The van der Waals surface area contributed by atoms with Gasteiger partial charge in [-0.05, 0) is 19.8 Å². The minimum Gasteiger partial charge on any atom is -0.392 e. The highest BCUT2D eigenvalue weighted by molar-refractivity contribution is 4.67. The van der Waals surface area contributed by atoms with Crippen LogP contribution in [0.4, 0.5) is 0 Å². The monoisotopic (exact) mass is 231 g/mol. The van der Waals surface area contributed by atoms with Gasteiger partial charge in [0, 0.05) is 13.1 Å². The van der Waals surface area contributed by atoms with E-state index < -0.39 is 6.10 Å². The van der Waals surface area contributed by atoms with Gasteiger partial charge in [-0.15, -0.1) is 0 Å². The largest absolute Gasteiger partial charge is 0.392 e. The van der Waals surface area contributed by atoms with Crippen molar-refractivity contribution in [2.45, 2.75) is 57.3 Å². The quantitative estimate of drug-likeness (QED) is 0.602. The predicted molar refractivity (Wildman–Crippen MR) is 63.4 cm³/mol. The van der Waals surface area contributed by atoms with Crippen LogP contribution in [0.2, 0.25) is 0 Å². The fraction of sp³-hybridized carbons (Fsp3) is 1.00. The van der Waals surface area contributed by atoms with Crippen LogP contribution in [0.1, 0.15) is 39.0 Å². The molecule has 1 rings (SSSR count). The number of hydrogen-bond donors (Lipinski definition) is 3. The molecule has 1 fully saturated rings. The van der Waals surface area contributed by atoms with Gasteiger partial charge in [-0.2, -0.15) is 0 Å². The molecule has 0 spiro atoms. The Morgan fingerprint density at radius 3 is 2.50 bits per heavy atom. The van der Waals surface area contributed by atoms with Crippen LogP contribution < -0.4 is 5.32 Å². The van der Waals surface area contributed by atoms with Crippen LogP contribution in [0.3, 0.4) is 0 Å². The minimum atomic E-state index is -0.472. The van der Waals surface area contributed by atoms with Gasteiger partial charge in [0.2, 0.25) is 0 Å². The second-order valence-electron chi connectivity index (χ2n) is 4.75. The fourth-order valence-electron chi connectivity index (χ4n) is 2.00. The molecule has 0 aromatic carbocycles. The van der Waals surface area contributed by atoms with E-state index in [-0.39, 0.29) is 6.10 Å². The van der Waals surface area contributed by atoms with Crippen LogP contribution in [0.25, 0.3) is 0 Å². The van der Waals surface area contributed by atoms with Gasteiger partial charge in [0.15, 0.2) is 0 Å². The third kappa shape index (κ3) is 6.43. The predicted octanol–water partition coefficient (Wildman–Crippen LogP) is 0.667. The molecule has 16 heavy (non-hydrogen) atoms. The maximum absolute atomic E-state index is 9.62. The van der Waals surface area contributed by atoms with Crippen molar-refractivity contribution in [1.29, 1.82) is 0 Å². The average Bonchev–Trinajstić information content (AvgIpc) is 2.27. The number of nitrogens with one attached hydrogen (secondary N) is 1. The fourth-order valence-corrected chi connectivity index (χ4v) is 2.00. The Morgan fingerprint density at radius 1 is 1.19 bits per heavy atom. The maximum atomic E-state index is 9.62. The Hall–Kier alpha value is -0.160. The molecular weight excluding hydrogens is 206 g/mol. The smallest absolute Gasteiger partial charge is 0.0897 e. The van der Waals surface area contributed by atoms with Crippen molar-refractivity contribution < 1.29 is 14.9 Å². The number of ether oxygens (including phenoxy) is 1. The van der Waals surface area contributed by atoms with Gasteiger partial charge in [0.05, 0.1) is 24.9 Å². The molecule has 0 aliphatic heterocycles. The molecule has 2 atom stereocenters. The Morgan fingerprint density at radius 2 is 1.88 bits per heavy atom. The van der Waals surface area contributed by atoms with Gasteiger partial charge in [-0.3, -0.25) is 0 Å². The summed E-state index contributed by atoms with van der Waals surface area (Å²) in [4.78, 5) is 0. The van der Waals surface area contributed by atoms with Crippen molar-refractivity contribution >= 4 is 0 Å². The van der Waals surface area contributed by atoms with Gasteiger partial charge >= 0.3 is 0 Å². The first-order chi connectivity index (χ1) is 7.68. The van der Waals surface area contributed by atoms with E-state index in [0.29, 0.717) is 25.8 Å². The molecule has 4 nitrogen and oxygen atoms in total. The summed E-state index contributed by atoms with van der Waals surface area (Å²) in [5, 5.41) is 21.6. The van der Waals surface area contributed by atoms with E-state index in [1.165, 1.54) is 19.3 Å². The van der Waals surface area contributed by atoms with E-state index in [9.17, 15) is 5.11 Å². The molecule has 0 saturated heterocycles. The summed E-state index contributed by atoms with van der Waals surface area (Å²) in [6.07, 6.45) is 5.59. The number of aliphatic hydroxyl groups is 2. The molecule has 96 valence electrons. The SMILES string of the molecule is CC(O)CNCC(O)COC1CCCCC1. The summed E-state index contributed by atoms with van der Waals surface area (Å²) in [5.41, 5.74) is 0. The van der Waals surface area contributed by atoms with E-state index >= 15 is 0 Å². The van der Waals surface area contributed by atoms with Crippen molar-refractivity contribution in [3.63, 3.8) is 0 Å². The standard InChI is InChI=1S/C12H25NO3/c1-10(14)7-13-8-11(15)9-16-12-5-3-2-4-6-12/h10-15H,2-9H2,1H3. The molecule has 0 bridgehead atoms. The Labute approximate surface area is 98.0 Å². The van der Waals surface area contributed by atoms with Crippen molar-refractivity contribution in [3.05, 3.63) is 0 Å². The molecule has 1 aliphatic carbocycles. The van der Waals surface area contributed by atoms with E-state index in [1.54, 1.807) is 6.92 Å². The summed E-state index contributed by atoms with van der Waals surface area (Å²) >= 11 is 0. The van der Waals surface area contributed by atoms with Crippen LogP contribution in [0.15, 0.2) is 0 Å². The third-order valence-electron chi connectivity index (χ3n) is 2.90. The summed E-state index contributed by atoms with van der Waals surface area (Å²) in [5.74, 6) is 0. The number of aliphatic hydroxyl groups excluding tert-OH is 2. The highest BCUT2D eigenvalue weighted by atomic mass is 16.5. The third-order valence-corrected chi connectivity index (χ3v) is 2.90. The normalized spacial score (nSPS) is 21.9. The second kappa shape index (κ2) is 8.01. The van der Waals surface area contributed by atoms with E-state index in [4.69, 9.17) is 9.84 Å². The molecule has 2 unspecified atom stereocenters. The average molecular weight is 231 g/mol. The summed E-state index contributed by atoms with van der Waals surface area (Å²) in [7, 11) is 0. The second-order valence-corrected chi connectivity index (χ2v) is 4.75. The first-order valence-electron chi connectivity index (χ1n) is 6.37. The van der Waals surface area contributed by atoms with Crippen LogP contribution in [-0.2, 0) is 4.74 Å². The highest BCUT2D eigenvalue weighted by Crippen LogP contribution is 2.20. The lowest BCUT2D eigenvalue weighted by Gasteiger charge is -2.23. The van der Waals surface area contributed by atoms with Crippen molar-refractivity contribution in [2.24, 2.45) is 0 Å². The molecule has 1 aliphatic rings. The van der Waals surface area contributed by atoms with E-state index in [0.717, 1.165) is 12.8 Å². The molecule has 0 aromatic heterocycles. The lowest BCUT2D eigenvalue weighted by atomic mass is 9.98. The zero-order chi connectivity index (χ0) is 11.8. The first kappa shape index (κ1) is 13.9. The van der Waals surface area contributed by atoms with E-state index in [2.05, 4.69) is 5.32 Å². The molecule has 4 heteroatoms. The molecule has 3 N–H and O–H groups in total. The Kier molecular flexibility index (Phi) is 6.96. The van der Waals surface area contributed by atoms with Gasteiger partial charge in [-0.1, -0.05) is 19.3 Å². The number of rotatable bonds is 7. The molecular formula is C12H25NO3. The van der Waals surface area contributed by atoms with Crippen molar-refractivity contribution in [1.82, 2.24) is 5.32 Å². The van der Waals surface area contributed by atoms with E-state index in [1.807, 2.05) is 0 Å². The zero-order valence-corrected chi connectivity index (χ0v) is 10.2. The summed E-state index contributed by atoms with van der Waals surface area (Å²) in [6, 6.07) is 0. The van der Waals surface area contributed by atoms with Gasteiger partial charge in [-0.25, -0.2) is 0 Å². The van der Waals surface area contributed by atoms with Crippen LogP contribution in [0.5, 0.6) is 0 Å². The summed E-state index contributed by atoms with van der Waals surface area (Å²) in [6.45, 7) is 3.12. The highest BCUT2D eigenvalue weighted by Gasteiger charge is 2.15. The van der Waals surface area contributed by atoms with Gasteiger partial charge < -0.3 is 20.3 Å². The molecule has 0 amide bonds. The van der Waals surface area contributed by atoms with Crippen LogP contribution in [0, 0.1) is 0 Å². The lowest BCUT2D eigenvalue weighted by molar-refractivity contribution is -0.0234. The van der Waals surface area contributed by atoms with Crippen molar-refractivity contribution in [2.75, 3.05) is 19.7 Å². The van der Waals surface area contributed by atoms with Gasteiger partial charge in [0.25, 0.3) is 0 Å². The molecule has 0 heterocycles. The van der Waals surface area contributed by atoms with Crippen LogP contribution >= 0.6 is 0 Å². The Balaban J connectivity index is 1.98. The lowest BCUT2D eigenvalue weighted by Crippen LogP contribution is -2.35. The first-order valence-corrected chi connectivity index (χ1v) is 6.37. The zero-order valence-electron chi connectivity index (χ0n) is 10.2. The minimum absolute atomic E-state index is 0.347. The molecule has 0 aromatic rings. The van der Waals surface area contributed by atoms with Crippen molar-refractivity contribution in [3.8, 4) is 0 Å².